The molecule has 1 aliphatic rings. The summed E-state index contributed by atoms with van der Waals surface area (Å²) in [6.07, 6.45) is -3.30. The number of amides is 2. The first kappa shape index (κ1) is 24.5. The third kappa shape index (κ3) is 7.17. The summed E-state index contributed by atoms with van der Waals surface area (Å²) in [5.41, 5.74) is -0.421. The van der Waals surface area contributed by atoms with E-state index in [-0.39, 0.29) is 24.7 Å². The second-order valence-corrected chi connectivity index (χ2v) is 9.79. The number of benzene rings is 1. The van der Waals surface area contributed by atoms with Gasteiger partial charge in [0.15, 0.2) is 0 Å². The fraction of sp³-hybridized carbons (Fsp3) is 0.529. The van der Waals surface area contributed by atoms with E-state index in [4.69, 9.17) is 32.7 Å². The van der Waals surface area contributed by atoms with Gasteiger partial charge in [0.2, 0.25) is 0 Å². The molecule has 1 saturated heterocycles. The summed E-state index contributed by atoms with van der Waals surface area (Å²) in [4.78, 5) is 24.3. The van der Waals surface area contributed by atoms with Crippen LogP contribution >= 0.6 is 23.2 Å². The van der Waals surface area contributed by atoms with Gasteiger partial charge >= 0.3 is 22.4 Å². The number of nitrogens with one attached hydrogen (secondary N) is 2. The summed E-state index contributed by atoms with van der Waals surface area (Å²) in [7, 11) is -4.41. The normalized spacial score (nSPS) is 20.4. The van der Waals surface area contributed by atoms with Crippen LogP contribution in [0.1, 0.15) is 32.4 Å². The molecule has 0 saturated carbocycles. The molecule has 1 aromatic carbocycles. The van der Waals surface area contributed by atoms with Crippen LogP contribution in [0.15, 0.2) is 18.2 Å². The Bertz CT molecular complexity index is 905. The maximum atomic E-state index is 12.5. The molecule has 168 valence electrons. The minimum absolute atomic E-state index is 0.0228. The van der Waals surface area contributed by atoms with Crippen LogP contribution in [0.5, 0.6) is 0 Å². The lowest BCUT2D eigenvalue weighted by Gasteiger charge is -2.28. The third-order valence-electron chi connectivity index (χ3n) is 3.91. The van der Waals surface area contributed by atoms with Crippen molar-refractivity contribution >= 4 is 45.6 Å². The first-order valence-corrected chi connectivity index (χ1v) is 11.1. The molecule has 3 N–H and O–H groups in total. The number of carbonyl (C=O) groups is 2. The van der Waals surface area contributed by atoms with E-state index in [0.717, 1.165) is 4.90 Å². The number of carboxylic acid groups (broad SMARTS) is 1. The van der Waals surface area contributed by atoms with Crippen LogP contribution in [-0.2, 0) is 19.7 Å². The summed E-state index contributed by atoms with van der Waals surface area (Å²) in [5.74, 6) is 0. The van der Waals surface area contributed by atoms with Gasteiger partial charge in [0.1, 0.15) is 11.7 Å². The van der Waals surface area contributed by atoms with Gasteiger partial charge in [-0.2, -0.15) is 13.1 Å². The van der Waals surface area contributed by atoms with E-state index < -0.39 is 40.1 Å². The maximum absolute atomic E-state index is 12.5. The Morgan fingerprint density at radius 1 is 1.27 bits per heavy atom. The van der Waals surface area contributed by atoms with Crippen LogP contribution in [0, 0.1) is 0 Å². The van der Waals surface area contributed by atoms with Gasteiger partial charge in [0.25, 0.3) is 0 Å². The van der Waals surface area contributed by atoms with Crippen molar-refractivity contribution in [2.75, 3.05) is 19.7 Å². The van der Waals surface area contributed by atoms with Gasteiger partial charge in [0.05, 0.1) is 22.7 Å². The fourth-order valence-electron chi connectivity index (χ4n) is 2.76. The molecular weight excluding hydrogens is 461 g/mol. The molecule has 1 fully saturated rings. The van der Waals surface area contributed by atoms with Gasteiger partial charge < -0.3 is 19.5 Å². The zero-order valence-corrected chi connectivity index (χ0v) is 18.8. The van der Waals surface area contributed by atoms with Gasteiger partial charge in [-0.25, -0.2) is 14.3 Å². The van der Waals surface area contributed by atoms with Gasteiger partial charge in [-0.3, -0.25) is 0 Å². The molecule has 30 heavy (non-hydrogen) atoms. The van der Waals surface area contributed by atoms with Crippen molar-refractivity contribution in [3.05, 3.63) is 33.8 Å². The average molecular weight is 484 g/mol. The molecule has 0 bridgehead atoms. The predicted molar refractivity (Wildman–Crippen MR) is 110 cm³/mol. The largest absolute Gasteiger partial charge is 0.465 e. The van der Waals surface area contributed by atoms with E-state index in [1.165, 1.54) is 12.1 Å². The van der Waals surface area contributed by atoms with Crippen molar-refractivity contribution in [3.8, 4) is 0 Å². The van der Waals surface area contributed by atoms with Crippen molar-refractivity contribution in [1.29, 1.82) is 0 Å². The van der Waals surface area contributed by atoms with Crippen molar-refractivity contribution < 1.29 is 32.6 Å². The maximum Gasteiger partial charge on any atom is 0.422 e. The molecule has 1 heterocycles. The highest BCUT2D eigenvalue weighted by Gasteiger charge is 2.35. The lowest BCUT2D eigenvalue weighted by Crippen LogP contribution is -2.52. The number of hydrogen-bond donors (Lipinski definition) is 3. The van der Waals surface area contributed by atoms with Crippen LogP contribution in [0.2, 0.25) is 10.0 Å². The Balaban J connectivity index is 2.29. The summed E-state index contributed by atoms with van der Waals surface area (Å²) in [6.45, 7) is 4.57. The monoisotopic (exact) mass is 483 g/mol. The first-order chi connectivity index (χ1) is 13.8. The number of ether oxygens (including phenoxy) is 2. The van der Waals surface area contributed by atoms with Gasteiger partial charge in [-0.1, -0.05) is 29.3 Å². The van der Waals surface area contributed by atoms with E-state index >= 15 is 0 Å². The van der Waals surface area contributed by atoms with Gasteiger partial charge in [-0.05, 0) is 38.5 Å². The molecule has 2 atom stereocenters. The van der Waals surface area contributed by atoms with Crippen LogP contribution in [0.25, 0.3) is 0 Å². The second kappa shape index (κ2) is 9.56. The molecule has 0 spiro atoms. The van der Waals surface area contributed by atoms with Gasteiger partial charge in [0, 0.05) is 13.1 Å². The lowest BCUT2D eigenvalue weighted by atomic mass is 10.0. The smallest absolute Gasteiger partial charge is 0.422 e. The highest BCUT2D eigenvalue weighted by atomic mass is 35.5. The molecule has 0 aromatic heterocycles. The Morgan fingerprint density at radius 3 is 2.50 bits per heavy atom. The highest BCUT2D eigenvalue weighted by molar-refractivity contribution is 7.88. The Hall–Kier alpha value is -1.79. The number of rotatable bonds is 4. The van der Waals surface area contributed by atoms with Crippen LogP contribution in [-0.4, -0.2) is 62.0 Å². The average Bonchev–Trinajstić information content (AvgIpc) is 2.77. The molecule has 10 nitrogen and oxygen atoms in total. The van der Waals surface area contributed by atoms with E-state index in [1.807, 2.05) is 0 Å². The van der Waals surface area contributed by atoms with Crippen molar-refractivity contribution in [2.24, 2.45) is 0 Å². The standard InChI is InChI=1S/C17H23Cl2N3O7S/c1-17(2,3)29-15(23)21-30(26,27)20-13-9-22(16(24)25)6-7-28-14(13)10-4-5-11(18)12(19)8-10/h4-5,8,13-14,20H,6-7,9H2,1-3H3,(H,21,23)(H,24,25)/t13-,14+/m1/s1. The lowest BCUT2D eigenvalue weighted by molar-refractivity contribution is 0.0477. The van der Waals surface area contributed by atoms with E-state index in [1.54, 1.807) is 31.6 Å². The van der Waals surface area contributed by atoms with Crippen molar-refractivity contribution in [3.63, 3.8) is 0 Å². The summed E-state index contributed by atoms with van der Waals surface area (Å²) >= 11 is 12.0. The molecule has 0 unspecified atom stereocenters. The number of halogens is 2. The quantitative estimate of drug-likeness (QED) is 0.598. The second-order valence-electron chi connectivity index (χ2n) is 7.53. The van der Waals surface area contributed by atoms with Crippen molar-refractivity contribution in [1.82, 2.24) is 14.3 Å². The Kier molecular flexibility index (Phi) is 7.80. The third-order valence-corrected chi connectivity index (χ3v) is 5.69. The van der Waals surface area contributed by atoms with Crippen molar-refractivity contribution in [2.45, 2.75) is 38.5 Å². The number of hydrogen-bond acceptors (Lipinski definition) is 6. The van der Waals surface area contributed by atoms with Gasteiger partial charge in [-0.15, -0.1) is 0 Å². The topological polar surface area (TPSA) is 134 Å². The minimum Gasteiger partial charge on any atom is -0.465 e. The number of nitrogens with zero attached hydrogens (tertiary/aromatic N) is 1. The van der Waals surface area contributed by atoms with E-state index in [9.17, 15) is 23.1 Å². The highest BCUT2D eigenvalue weighted by Crippen LogP contribution is 2.30. The Morgan fingerprint density at radius 2 is 1.93 bits per heavy atom. The van der Waals surface area contributed by atoms with E-state index in [2.05, 4.69) is 4.72 Å². The summed E-state index contributed by atoms with van der Waals surface area (Å²) in [5, 5.41) is 9.88. The van der Waals surface area contributed by atoms with E-state index in [0.29, 0.717) is 10.6 Å². The molecule has 0 aliphatic carbocycles. The van der Waals surface area contributed by atoms with Crippen LogP contribution < -0.4 is 9.44 Å². The molecule has 2 rings (SSSR count). The van der Waals surface area contributed by atoms with Crippen LogP contribution in [0.3, 0.4) is 0 Å². The predicted octanol–water partition coefficient (Wildman–Crippen LogP) is 2.77. The zero-order chi connectivity index (χ0) is 22.7. The summed E-state index contributed by atoms with van der Waals surface area (Å²) < 4.78 is 39.7. The Labute approximate surface area is 184 Å². The molecule has 1 aliphatic heterocycles. The molecule has 1 aromatic rings. The SMILES string of the molecule is CC(C)(C)OC(=O)NS(=O)(=O)N[C@@H]1CN(C(=O)O)CCO[C@H]1c1ccc(Cl)c(Cl)c1. The van der Waals surface area contributed by atoms with Crippen LogP contribution in [0.4, 0.5) is 9.59 Å². The molecule has 2 amide bonds. The molecule has 0 radical (unpaired) electrons. The number of carbonyl (C=O) groups excluding carboxylic acids is 1. The molecular formula is C17H23Cl2N3O7S. The summed E-state index contributed by atoms with van der Waals surface area (Å²) in [6, 6.07) is 3.55. The minimum atomic E-state index is -4.41. The zero-order valence-electron chi connectivity index (χ0n) is 16.5. The molecule has 13 heteroatoms. The fourth-order valence-corrected chi connectivity index (χ4v) is 3.98. The first-order valence-electron chi connectivity index (χ1n) is 8.85.